The van der Waals surface area contributed by atoms with Crippen LogP contribution in [0.1, 0.15) is 23.4 Å². The minimum atomic E-state index is -0.0129. The molecule has 5 heteroatoms. The van der Waals surface area contributed by atoms with Gasteiger partial charge in [0.05, 0.1) is 17.9 Å². The lowest BCUT2D eigenvalue weighted by Gasteiger charge is -2.06. The van der Waals surface area contributed by atoms with E-state index >= 15 is 0 Å². The Hall–Kier alpha value is -2.17. The van der Waals surface area contributed by atoms with Gasteiger partial charge in [-0.05, 0) is 31.4 Å². The third-order valence-corrected chi connectivity index (χ3v) is 3.10. The van der Waals surface area contributed by atoms with Crippen molar-refractivity contribution in [3.05, 3.63) is 51.7 Å². The van der Waals surface area contributed by atoms with Crippen molar-refractivity contribution in [2.24, 2.45) is 0 Å². The van der Waals surface area contributed by atoms with Gasteiger partial charge in [-0.3, -0.25) is 14.8 Å². The third-order valence-electron chi connectivity index (χ3n) is 3.10. The van der Waals surface area contributed by atoms with Crippen molar-refractivity contribution in [3.63, 3.8) is 0 Å². The first-order valence-electron chi connectivity index (χ1n) is 6.09. The molecule has 5 nitrogen and oxygen atoms in total. The lowest BCUT2D eigenvalue weighted by atomic mass is 10.3. The predicted octanol–water partition coefficient (Wildman–Crippen LogP) is 1.27. The highest BCUT2D eigenvalue weighted by molar-refractivity contribution is 5.32. The highest BCUT2D eigenvalue weighted by atomic mass is 16.1. The van der Waals surface area contributed by atoms with E-state index in [0.29, 0.717) is 12.5 Å². The van der Waals surface area contributed by atoms with E-state index in [1.807, 2.05) is 18.2 Å². The van der Waals surface area contributed by atoms with Crippen LogP contribution < -0.4 is 10.9 Å². The number of rotatable bonds is 3. The van der Waals surface area contributed by atoms with E-state index in [4.69, 9.17) is 0 Å². The lowest BCUT2D eigenvalue weighted by Crippen LogP contribution is -2.17. The van der Waals surface area contributed by atoms with Gasteiger partial charge in [-0.1, -0.05) is 6.07 Å². The second-order valence-electron chi connectivity index (χ2n) is 4.37. The Morgan fingerprint density at radius 1 is 1.33 bits per heavy atom. The molecule has 2 aromatic rings. The van der Waals surface area contributed by atoms with E-state index in [1.165, 1.54) is 0 Å². The number of pyridine rings is 1. The zero-order chi connectivity index (χ0) is 12.4. The molecule has 0 amide bonds. The first-order chi connectivity index (χ1) is 8.83. The summed E-state index contributed by atoms with van der Waals surface area (Å²) < 4.78 is 0. The molecule has 0 spiro atoms. The van der Waals surface area contributed by atoms with Crippen LogP contribution in [0.15, 0.2) is 29.2 Å². The molecule has 18 heavy (non-hydrogen) atoms. The summed E-state index contributed by atoms with van der Waals surface area (Å²) in [4.78, 5) is 23.2. The van der Waals surface area contributed by atoms with Gasteiger partial charge in [0.15, 0.2) is 0 Å². The molecule has 0 aromatic carbocycles. The van der Waals surface area contributed by atoms with E-state index in [0.717, 1.165) is 36.2 Å². The summed E-state index contributed by atoms with van der Waals surface area (Å²) in [6.07, 6.45) is 4.51. The Morgan fingerprint density at radius 2 is 2.28 bits per heavy atom. The van der Waals surface area contributed by atoms with Crippen molar-refractivity contribution in [1.82, 2.24) is 15.0 Å². The normalized spacial score (nSPS) is 13.3. The monoisotopic (exact) mass is 242 g/mol. The molecule has 3 rings (SSSR count). The molecule has 0 bridgehead atoms. The van der Waals surface area contributed by atoms with Gasteiger partial charge in [-0.25, -0.2) is 4.98 Å². The number of anilines is 1. The fourth-order valence-electron chi connectivity index (χ4n) is 2.20. The Balaban J connectivity index is 1.78. The summed E-state index contributed by atoms with van der Waals surface area (Å²) in [5.74, 6) is 0.534. The number of fused-ring (bicyclic) bond motifs is 1. The van der Waals surface area contributed by atoms with E-state index < -0.39 is 0 Å². The maximum atomic E-state index is 11.8. The van der Waals surface area contributed by atoms with Gasteiger partial charge in [-0.2, -0.15) is 0 Å². The van der Waals surface area contributed by atoms with Crippen LogP contribution in [0.3, 0.4) is 0 Å². The molecule has 0 saturated carbocycles. The SMILES string of the molecule is O=c1[nH]c(NCc2ccccn2)nc2c1CCC2. The number of nitrogens with one attached hydrogen (secondary N) is 2. The van der Waals surface area contributed by atoms with Crippen LogP contribution in [-0.4, -0.2) is 15.0 Å². The zero-order valence-corrected chi connectivity index (χ0v) is 9.94. The van der Waals surface area contributed by atoms with Crippen molar-refractivity contribution >= 4 is 5.95 Å². The maximum absolute atomic E-state index is 11.8. The van der Waals surface area contributed by atoms with Gasteiger partial charge < -0.3 is 5.32 Å². The molecule has 1 aliphatic carbocycles. The molecular weight excluding hydrogens is 228 g/mol. The molecule has 1 aliphatic rings. The summed E-state index contributed by atoms with van der Waals surface area (Å²) in [7, 11) is 0. The maximum Gasteiger partial charge on any atom is 0.255 e. The first-order valence-corrected chi connectivity index (χ1v) is 6.09. The van der Waals surface area contributed by atoms with Crippen LogP contribution in [0.25, 0.3) is 0 Å². The number of hydrogen-bond donors (Lipinski definition) is 2. The fourth-order valence-corrected chi connectivity index (χ4v) is 2.20. The molecular formula is C13H14N4O. The average Bonchev–Trinajstić information content (AvgIpc) is 2.86. The van der Waals surface area contributed by atoms with E-state index in [1.54, 1.807) is 6.20 Å². The van der Waals surface area contributed by atoms with Crippen molar-refractivity contribution in [2.45, 2.75) is 25.8 Å². The van der Waals surface area contributed by atoms with E-state index in [9.17, 15) is 4.79 Å². The van der Waals surface area contributed by atoms with Gasteiger partial charge in [-0.15, -0.1) is 0 Å². The highest BCUT2D eigenvalue weighted by Gasteiger charge is 2.16. The van der Waals surface area contributed by atoms with Crippen LogP contribution >= 0.6 is 0 Å². The van der Waals surface area contributed by atoms with E-state index in [-0.39, 0.29) is 5.56 Å². The number of hydrogen-bond acceptors (Lipinski definition) is 4. The minimum Gasteiger partial charge on any atom is -0.350 e. The number of aryl methyl sites for hydroxylation is 1. The molecule has 0 fully saturated rings. The predicted molar refractivity (Wildman–Crippen MR) is 68.4 cm³/mol. The van der Waals surface area contributed by atoms with Crippen molar-refractivity contribution in [1.29, 1.82) is 0 Å². The minimum absolute atomic E-state index is 0.0129. The molecule has 0 saturated heterocycles. The van der Waals surface area contributed by atoms with Crippen LogP contribution in [0.2, 0.25) is 0 Å². The molecule has 0 radical (unpaired) electrons. The summed E-state index contributed by atoms with van der Waals surface area (Å²) in [5, 5.41) is 3.10. The summed E-state index contributed by atoms with van der Waals surface area (Å²) in [5.41, 5.74) is 2.68. The molecule has 2 heterocycles. The molecule has 2 N–H and O–H groups in total. The number of aromatic amines is 1. The largest absolute Gasteiger partial charge is 0.350 e. The van der Waals surface area contributed by atoms with E-state index in [2.05, 4.69) is 20.3 Å². The van der Waals surface area contributed by atoms with Crippen molar-refractivity contribution < 1.29 is 0 Å². The topological polar surface area (TPSA) is 70.7 Å². The summed E-state index contributed by atoms with van der Waals surface area (Å²) >= 11 is 0. The Kier molecular flexibility index (Phi) is 2.80. The second kappa shape index (κ2) is 4.60. The first kappa shape index (κ1) is 11.0. The third kappa shape index (κ3) is 2.11. The van der Waals surface area contributed by atoms with Gasteiger partial charge in [0.2, 0.25) is 5.95 Å². The van der Waals surface area contributed by atoms with Crippen molar-refractivity contribution in [3.8, 4) is 0 Å². The Bertz CT molecular complexity index is 606. The molecule has 0 unspecified atom stereocenters. The smallest absolute Gasteiger partial charge is 0.255 e. The van der Waals surface area contributed by atoms with Crippen LogP contribution in [-0.2, 0) is 19.4 Å². The Labute approximate surface area is 104 Å². The van der Waals surface area contributed by atoms with Gasteiger partial charge in [0.25, 0.3) is 5.56 Å². The van der Waals surface area contributed by atoms with Gasteiger partial charge in [0.1, 0.15) is 0 Å². The fraction of sp³-hybridized carbons (Fsp3) is 0.308. The molecule has 0 atom stereocenters. The molecule has 92 valence electrons. The zero-order valence-electron chi connectivity index (χ0n) is 9.94. The summed E-state index contributed by atoms with van der Waals surface area (Å²) in [6, 6.07) is 5.74. The number of H-pyrrole nitrogens is 1. The highest BCUT2D eigenvalue weighted by Crippen LogP contribution is 2.16. The van der Waals surface area contributed by atoms with Gasteiger partial charge >= 0.3 is 0 Å². The lowest BCUT2D eigenvalue weighted by molar-refractivity contribution is 0.897. The number of nitrogens with zero attached hydrogens (tertiary/aromatic N) is 2. The van der Waals surface area contributed by atoms with Crippen LogP contribution in [0, 0.1) is 0 Å². The van der Waals surface area contributed by atoms with Crippen LogP contribution in [0.5, 0.6) is 0 Å². The molecule has 0 aliphatic heterocycles. The van der Waals surface area contributed by atoms with Crippen molar-refractivity contribution in [2.75, 3.05) is 5.32 Å². The number of aromatic nitrogens is 3. The van der Waals surface area contributed by atoms with Crippen LogP contribution in [0.4, 0.5) is 5.95 Å². The summed E-state index contributed by atoms with van der Waals surface area (Å²) in [6.45, 7) is 0.558. The Morgan fingerprint density at radius 3 is 3.11 bits per heavy atom. The standard InChI is InChI=1S/C13H14N4O/c18-12-10-5-3-6-11(10)16-13(17-12)15-8-9-4-1-2-7-14-9/h1-2,4,7H,3,5-6,8H2,(H2,15,16,17,18). The second-order valence-corrected chi connectivity index (χ2v) is 4.37. The quantitative estimate of drug-likeness (QED) is 0.850. The molecule has 2 aromatic heterocycles. The average molecular weight is 242 g/mol. The van der Waals surface area contributed by atoms with Gasteiger partial charge in [0, 0.05) is 11.8 Å².